The molecular weight excluding hydrogens is 276 g/mol. The lowest BCUT2D eigenvalue weighted by Crippen LogP contribution is -2.38. The molecule has 5 heteroatoms. The van der Waals surface area contributed by atoms with E-state index < -0.39 is 0 Å². The number of hydrogen-bond acceptors (Lipinski definition) is 2. The Morgan fingerprint density at radius 2 is 1.59 bits per heavy atom. The fourth-order valence-electron chi connectivity index (χ4n) is 3.14. The van der Waals surface area contributed by atoms with Gasteiger partial charge in [0.2, 0.25) is 0 Å². The zero-order valence-electron chi connectivity index (χ0n) is 13.8. The molecule has 0 bridgehead atoms. The van der Waals surface area contributed by atoms with Gasteiger partial charge in [-0.1, -0.05) is 57.8 Å². The maximum absolute atomic E-state index is 12.1. The first kappa shape index (κ1) is 16.8. The number of aryl methyl sites for hydroxylation is 1. The molecule has 0 spiro atoms. The van der Waals surface area contributed by atoms with Gasteiger partial charge in [0, 0.05) is 19.2 Å². The summed E-state index contributed by atoms with van der Waals surface area (Å²) in [4.78, 5) is 12.1. The van der Waals surface area contributed by atoms with Gasteiger partial charge in [-0.15, -0.1) is 0 Å². The van der Waals surface area contributed by atoms with Crippen LogP contribution in [0.15, 0.2) is 12.3 Å². The minimum Gasteiger partial charge on any atom is -0.335 e. The Morgan fingerprint density at radius 1 is 1.05 bits per heavy atom. The van der Waals surface area contributed by atoms with Gasteiger partial charge < -0.3 is 5.32 Å². The highest BCUT2D eigenvalue weighted by Crippen LogP contribution is 2.17. The molecule has 1 heterocycles. The minimum atomic E-state index is -0.110. The van der Waals surface area contributed by atoms with Crippen LogP contribution in [0.5, 0.6) is 0 Å². The summed E-state index contributed by atoms with van der Waals surface area (Å²) >= 11 is 0. The van der Waals surface area contributed by atoms with Gasteiger partial charge in [0.05, 0.1) is 6.20 Å². The maximum Gasteiger partial charge on any atom is 0.320 e. The molecule has 1 aromatic rings. The summed E-state index contributed by atoms with van der Waals surface area (Å²) in [7, 11) is 1.82. The predicted molar refractivity (Wildman–Crippen MR) is 89.9 cm³/mol. The van der Waals surface area contributed by atoms with E-state index in [1.165, 1.54) is 57.8 Å². The second-order valence-electron chi connectivity index (χ2n) is 6.39. The van der Waals surface area contributed by atoms with Gasteiger partial charge in [-0.25, -0.2) is 4.79 Å². The fourth-order valence-corrected chi connectivity index (χ4v) is 3.14. The van der Waals surface area contributed by atoms with Crippen molar-refractivity contribution in [2.45, 2.75) is 76.7 Å². The molecule has 0 atom stereocenters. The molecule has 2 N–H and O–H groups in total. The molecule has 0 aliphatic heterocycles. The van der Waals surface area contributed by atoms with Gasteiger partial charge in [-0.2, -0.15) is 5.10 Å². The van der Waals surface area contributed by atoms with Gasteiger partial charge in [-0.05, 0) is 12.8 Å². The normalized spacial score (nSPS) is 19.0. The van der Waals surface area contributed by atoms with Crippen molar-refractivity contribution < 1.29 is 4.79 Å². The summed E-state index contributed by atoms with van der Waals surface area (Å²) in [5.74, 6) is 0.727. The predicted octanol–water partition coefficient (Wildman–Crippen LogP) is 4.21. The Hall–Kier alpha value is -1.52. The zero-order valence-corrected chi connectivity index (χ0v) is 13.8. The summed E-state index contributed by atoms with van der Waals surface area (Å²) in [5.41, 5.74) is 0. The summed E-state index contributed by atoms with van der Waals surface area (Å²) in [6.07, 6.45) is 15.7. The summed E-state index contributed by atoms with van der Waals surface area (Å²) in [5, 5.41) is 10.1. The van der Waals surface area contributed by atoms with Crippen LogP contribution in [0.4, 0.5) is 10.6 Å². The van der Waals surface area contributed by atoms with E-state index in [2.05, 4.69) is 15.7 Å². The molecule has 1 aliphatic carbocycles. The van der Waals surface area contributed by atoms with Crippen molar-refractivity contribution in [3.8, 4) is 0 Å². The van der Waals surface area contributed by atoms with Crippen LogP contribution in [0.3, 0.4) is 0 Å². The smallest absolute Gasteiger partial charge is 0.320 e. The second kappa shape index (κ2) is 9.49. The molecule has 22 heavy (non-hydrogen) atoms. The van der Waals surface area contributed by atoms with Gasteiger partial charge >= 0.3 is 6.03 Å². The van der Waals surface area contributed by atoms with E-state index in [9.17, 15) is 4.79 Å². The van der Waals surface area contributed by atoms with Gasteiger partial charge in [0.15, 0.2) is 0 Å². The average molecular weight is 306 g/mol. The van der Waals surface area contributed by atoms with Crippen LogP contribution in [-0.4, -0.2) is 21.9 Å². The molecule has 0 saturated heterocycles. The van der Waals surface area contributed by atoms with Crippen molar-refractivity contribution in [1.29, 1.82) is 0 Å². The molecule has 5 nitrogen and oxygen atoms in total. The lowest BCUT2D eigenvalue weighted by atomic mass is 9.98. The lowest BCUT2D eigenvalue weighted by Gasteiger charge is -2.20. The maximum atomic E-state index is 12.1. The number of rotatable bonds is 2. The van der Waals surface area contributed by atoms with Crippen molar-refractivity contribution >= 4 is 11.8 Å². The molecule has 1 aromatic heterocycles. The Morgan fingerprint density at radius 3 is 2.09 bits per heavy atom. The topological polar surface area (TPSA) is 59.0 Å². The summed E-state index contributed by atoms with van der Waals surface area (Å²) in [6.45, 7) is 0. The molecule has 1 aliphatic rings. The molecule has 1 fully saturated rings. The lowest BCUT2D eigenvalue weighted by molar-refractivity contribution is 0.246. The van der Waals surface area contributed by atoms with E-state index >= 15 is 0 Å². The first-order chi connectivity index (χ1) is 10.8. The summed E-state index contributed by atoms with van der Waals surface area (Å²) in [6, 6.07) is 1.99. The molecule has 0 radical (unpaired) electrons. The third-order valence-electron chi connectivity index (χ3n) is 4.50. The summed E-state index contributed by atoms with van der Waals surface area (Å²) < 4.78 is 1.67. The van der Waals surface area contributed by atoms with E-state index in [4.69, 9.17) is 0 Å². The Labute approximate surface area is 133 Å². The zero-order chi connectivity index (χ0) is 15.6. The number of nitrogens with zero attached hydrogens (tertiary/aromatic N) is 2. The number of anilines is 1. The molecule has 2 rings (SSSR count). The average Bonchev–Trinajstić information content (AvgIpc) is 2.87. The van der Waals surface area contributed by atoms with Crippen LogP contribution >= 0.6 is 0 Å². The largest absolute Gasteiger partial charge is 0.335 e. The quantitative estimate of drug-likeness (QED) is 0.859. The molecule has 124 valence electrons. The van der Waals surface area contributed by atoms with Crippen molar-refractivity contribution in [3.63, 3.8) is 0 Å². The number of aromatic nitrogens is 2. The fraction of sp³-hybridized carbons (Fsp3) is 0.765. The second-order valence-corrected chi connectivity index (χ2v) is 6.39. The highest BCUT2D eigenvalue weighted by molar-refractivity contribution is 5.88. The molecule has 0 aromatic carbocycles. The number of amides is 2. The number of carbonyl (C=O) groups is 1. The first-order valence-electron chi connectivity index (χ1n) is 8.81. The number of urea groups is 1. The van der Waals surface area contributed by atoms with Gasteiger partial charge in [-0.3, -0.25) is 10.00 Å². The monoisotopic (exact) mass is 306 g/mol. The molecule has 1 saturated carbocycles. The third-order valence-corrected chi connectivity index (χ3v) is 4.50. The van der Waals surface area contributed by atoms with Crippen LogP contribution in [0.25, 0.3) is 0 Å². The van der Waals surface area contributed by atoms with Crippen LogP contribution in [-0.2, 0) is 7.05 Å². The number of nitrogens with one attached hydrogen (secondary N) is 2. The first-order valence-corrected chi connectivity index (χ1v) is 8.81. The van der Waals surface area contributed by atoms with E-state index in [-0.39, 0.29) is 6.03 Å². The Balaban J connectivity index is 1.78. The van der Waals surface area contributed by atoms with Crippen molar-refractivity contribution in [2.24, 2.45) is 7.05 Å². The molecule has 2 amide bonds. The van der Waals surface area contributed by atoms with Gasteiger partial charge in [0.25, 0.3) is 0 Å². The molecule has 0 unspecified atom stereocenters. The number of carbonyl (C=O) groups excluding carboxylic acids is 1. The minimum absolute atomic E-state index is 0.110. The van der Waals surface area contributed by atoms with Crippen LogP contribution in [0.2, 0.25) is 0 Å². The van der Waals surface area contributed by atoms with E-state index in [0.717, 1.165) is 18.7 Å². The third kappa shape index (κ3) is 6.08. The van der Waals surface area contributed by atoms with E-state index in [1.54, 1.807) is 16.9 Å². The van der Waals surface area contributed by atoms with Crippen LogP contribution < -0.4 is 10.6 Å². The number of hydrogen-bond donors (Lipinski definition) is 2. The Bertz CT molecular complexity index is 432. The van der Waals surface area contributed by atoms with Gasteiger partial charge in [0.1, 0.15) is 5.82 Å². The van der Waals surface area contributed by atoms with Crippen LogP contribution in [0, 0.1) is 0 Å². The highest BCUT2D eigenvalue weighted by atomic mass is 16.2. The van der Waals surface area contributed by atoms with E-state index in [1.807, 2.05) is 7.05 Å². The van der Waals surface area contributed by atoms with E-state index in [0.29, 0.717) is 6.04 Å². The highest BCUT2D eigenvalue weighted by Gasteiger charge is 2.13. The van der Waals surface area contributed by atoms with Crippen molar-refractivity contribution in [3.05, 3.63) is 12.3 Å². The van der Waals surface area contributed by atoms with Crippen molar-refractivity contribution in [2.75, 3.05) is 5.32 Å². The standard InChI is InChI=1S/C17H30N4O/c1-21-16(13-14-18-21)20-17(22)19-15-11-9-7-5-3-2-4-6-8-10-12-15/h13-15H,2-12H2,1H3,(H2,19,20,22). The molecular formula is C17H30N4O. The SMILES string of the molecule is Cn1nccc1NC(=O)NC1CCCCCCCCCCC1. The van der Waals surface area contributed by atoms with Crippen LogP contribution in [0.1, 0.15) is 70.6 Å². The Kier molecular flexibility index (Phi) is 7.26. The van der Waals surface area contributed by atoms with Crippen molar-refractivity contribution in [1.82, 2.24) is 15.1 Å².